The predicted molar refractivity (Wildman–Crippen MR) is 64.5 cm³/mol. The van der Waals surface area contributed by atoms with Crippen molar-refractivity contribution >= 4 is 17.5 Å². The smallest absolute Gasteiger partial charge is 0.343 e. The van der Waals surface area contributed by atoms with Gasteiger partial charge in [0.2, 0.25) is 0 Å². The molecule has 1 aromatic carbocycles. The fourth-order valence-electron chi connectivity index (χ4n) is 1.24. The summed E-state index contributed by atoms with van der Waals surface area (Å²) < 4.78 is 5.10. The zero-order valence-corrected chi connectivity index (χ0v) is 8.96. The van der Waals surface area contributed by atoms with Crippen LogP contribution in [-0.2, 0) is 0 Å². The number of nitrogen functional groups attached to an aromatic ring is 2. The lowest BCUT2D eigenvalue weighted by Gasteiger charge is -2.04. The minimum Gasteiger partial charge on any atom is -0.421 e. The number of rotatable bonds is 2. The first-order valence-electron chi connectivity index (χ1n) is 4.94. The van der Waals surface area contributed by atoms with Gasteiger partial charge in [-0.1, -0.05) is 0 Å². The lowest BCUT2D eigenvalue weighted by molar-refractivity contribution is 0.0734. The van der Waals surface area contributed by atoms with Gasteiger partial charge < -0.3 is 16.2 Å². The van der Waals surface area contributed by atoms with Crippen molar-refractivity contribution in [3.63, 3.8) is 0 Å². The molecule has 0 fully saturated rings. The average Bonchev–Trinajstić information content (AvgIpc) is 2.33. The summed E-state index contributed by atoms with van der Waals surface area (Å²) in [5.41, 5.74) is 12.0. The van der Waals surface area contributed by atoms with E-state index in [9.17, 15) is 4.79 Å². The number of carbonyl (C=O) groups is 1. The van der Waals surface area contributed by atoms with Crippen LogP contribution in [-0.4, -0.2) is 11.0 Å². The van der Waals surface area contributed by atoms with Gasteiger partial charge in [0.05, 0.1) is 11.8 Å². The Hall–Kier alpha value is -2.56. The number of pyridine rings is 1. The number of aromatic nitrogens is 1. The molecule has 0 unspecified atom stereocenters. The summed E-state index contributed by atoms with van der Waals surface area (Å²) in [4.78, 5) is 15.5. The van der Waals surface area contributed by atoms with E-state index in [0.29, 0.717) is 22.8 Å². The van der Waals surface area contributed by atoms with Crippen molar-refractivity contribution in [2.24, 2.45) is 0 Å². The fraction of sp³-hybridized carbons (Fsp3) is 0. The monoisotopic (exact) mass is 229 g/mol. The third-order valence-electron chi connectivity index (χ3n) is 2.12. The Morgan fingerprint density at radius 2 is 1.76 bits per heavy atom. The molecule has 0 saturated carbocycles. The van der Waals surface area contributed by atoms with E-state index in [1.165, 1.54) is 6.20 Å². The van der Waals surface area contributed by atoms with Crippen LogP contribution in [0.2, 0.25) is 0 Å². The first kappa shape index (κ1) is 10.9. The second kappa shape index (κ2) is 4.52. The van der Waals surface area contributed by atoms with Crippen LogP contribution in [0.1, 0.15) is 10.4 Å². The molecule has 4 N–H and O–H groups in total. The maximum atomic E-state index is 11.7. The Kier molecular flexibility index (Phi) is 2.91. The minimum absolute atomic E-state index is 0.348. The van der Waals surface area contributed by atoms with Crippen LogP contribution in [0.4, 0.5) is 11.5 Å². The van der Waals surface area contributed by atoms with Gasteiger partial charge in [0.15, 0.2) is 0 Å². The van der Waals surface area contributed by atoms with Gasteiger partial charge in [0.25, 0.3) is 0 Å². The molecule has 0 spiro atoms. The van der Waals surface area contributed by atoms with Gasteiger partial charge in [-0.3, -0.25) is 0 Å². The molecule has 2 aromatic rings. The molecule has 2 rings (SSSR count). The molecular formula is C12H11N3O2. The van der Waals surface area contributed by atoms with E-state index < -0.39 is 5.97 Å². The first-order valence-corrected chi connectivity index (χ1v) is 4.94. The van der Waals surface area contributed by atoms with E-state index in [-0.39, 0.29) is 0 Å². The van der Waals surface area contributed by atoms with Gasteiger partial charge in [-0.15, -0.1) is 0 Å². The number of nitrogens with zero attached hydrogens (tertiary/aromatic N) is 1. The first-order chi connectivity index (χ1) is 8.15. The molecule has 0 bridgehead atoms. The number of benzene rings is 1. The number of carbonyl (C=O) groups excluding carboxylic acids is 1. The minimum atomic E-state index is -0.462. The molecule has 0 aliphatic carbocycles. The fourth-order valence-corrected chi connectivity index (χ4v) is 1.24. The quantitative estimate of drug-likeness (QED) is 0.601. The predicted octanol–water partition coefficient (Wildman–Crippen LogP) is 1.47. The summed E-state index contributed by atoms with van der Waals surface area (Å²) >= 11 is 0. The Morgan fingerprint density at radius 1 is 1.06 bits per heavy atom. The van der Waals surface area contributed by atoms with Gasteiger partial charge in [-0.2, -0.15) is 0 Å². The van der Waals surface area contributed by atoms with Crippen LogP contribution >= 0.6 is 0 Å². The summed E-state index contributed by atoms with van der Waals surface area (Å²) in [7, 11) is 0. The largest absolute Gasteiger partial charge is 0.421 e. The van der Waals surface area contributed by atoms with Crippen LogP contribution in [0.15, 0.2) is 42.6 Å². The van der Waals surface area contributed by atoms with Crippen LogP contribution in [0.5, 0.6) is 5.75 Å². The third kappa shape index (κ3) is 2.72. The normalized spacial score (nSPS) is 9.88. The highest BCUT2D eigenvalue weighted by molar-refractivity contribution is 5.91. The topological polar surface area (TPSA) is 91.2 Å². The molecule has 0 aliphatic heterocycles. The molecule has 17 heavy (non-hydrogen) atoms. The third-order valence-corrected chi connectivity index (χ3v) is 2.12. The Labute approximate surface area is 98.0 Å². The van der Waals surface area contributed by atoms with E-state index in [1.807, 2.05) is 0 Å². The number of anilines is 2. The van der Waals surface area contributed by atoms with E-state index in [1.54, 1.807) is 36.4 Å². The van der Waals surface area contributed by atoms with Gasteiger partial charge in [-0.05, 0) is 36.4 Å². The average molecular weight is 229 g/mol. The summed E-state index contributed by atoms with van der Waals surface area (Å²) in [5, 5.41) is 0. The molecular weight excluding hydrogens is 218 g/mol. The summed E-state index contributed by atoms with van der Waals surface area (Å²) in [6, 6.07) is 9.61. The number of hydrogen-bond acceptors (Lipinski definition) is 5. The summed E-state index contributed by atoms with van der Waals surface area (Å²) in [6.45, 7) is 0. The maximum absolute atomic E-state index is 11.7. The van der Waals surface area contributed by atoms with Crippen molar-refractivity contribution in [1.29, 1.82) is 0 Å². The van der Waals surface area contributed by atoms with Crippen molar-refractivity contribution in [2.75, 3.05) is 11.5 Å². The van der Waals surface area contributed by atoms with Crippen LogP contribution in [0.25, 0.3) is 0 Å². The molecule has 0 saturated heterocycles. The van der Waals surface area contributed by atoms with Gasteiger partial charge in [0, 0.05) is 5.69 Å². The van der Waals surface area contributed by atoms with Crippen LogP contribution in [0.3, 0.4) is 0 Å². The molecule has 1 aromatic heterocycles. The van der Waals surface area contributed by atoms with Crippen molar-refractivity contribution < 1.29 is 9.53 Å². The molecule has 86 valence electrons. The van der Waals surface area contributed by atoms with Gasteiger partial charge in [0.1, 0.15) is 11.6 Å². The van der Waals surface area contributed by atoms with Crippen molar-refractivity contribution in [2.45, 2.75) is 0 Å². The highest BCUT2D eigenvalue weighted by Gasteiger charge is 2.08. The number of esters is 1. The van der Waals surface area contributed by atoms with E-state index >= 15 is 0 Å². The Balaban J connectivity index is 2.11. The number of hydrogen-bond donors (Lipinski definition) is 2. The lowest BCUT2D eigenvalue weighted by atomic mass is 10.2. The van der Waals surface area contributed by atoms with Crippen molar-refractivity contribution in [1.82, 2.24) is 4.98 Å². The van der Waals surface area contributed by atoms with Crippen LogP contribution < -0.4 is 16.2 Å². The second-order valence-corrected chi connectivity index (χ2v) is 3.43. The Bertz CT molecular complexity index is 520. The van der Waals surface area contributed by atoms with E-state index in [2.05, 4.69) is 4.98 Å². The number of nitrogens with two attached hydrogens (primary N) is 2. The molecule has 0 radical (unpaired) electrons. The zero-order chi connectivity index (χ0) is 12.3. The molecule has 5 nitrogen and oxygen atoms in total. The van der Waals surface area contributed by atoms with Gasteiger partial charge >= 0.3 is 5.97 Å². The molecule has 0 amide bonds. The SMILES string of the molecule is Nc1ccc(C(=O)Oc2ccc(N)nc2)cc1. The highest BCUT2D eigenvalue weighted by atomic mass is 16.5. The van der Waals surface area contributed by atoms with Gasteiger partial charge in [-0.25, -0.2) is 9.78 Å². The maximum Gasteiger partial charge on any atom is 0.343 e. The van der Waals surface area contributed by atoms with Crippen molar-refractivity contribution in [3.8, 4) is 5.75 Å². The molecule has 0 aliphatic rings. The molecule has 1 heterocycles. The number of ether oxygens (including phenoxy) is 1. The summed E-state index contributed by atoms with van der Waals surface area (Å²) in [5.74, 6) is 0.259. The van der Waals surface area contributed by atoms with Crippen LogP contribution in [0, 0.1) is 0 Å². The van der Waals surface area contributed by atoms with E-state index in [4.69, 9.17) is 16.2 Å². The highest BCUT2D eigenvalue weighted by Crippen LogP contribution is 2.13. The standard InChI is InChI=1S/C12H11N3O2/c13-9-3-1-8(2-4-9)12(16)17-10-5-6-11(14)15-7-10/h1-7H,13H2,(H2,14,15). The zero-order valence-electron chi connectivity index (χ0n) is 8.96. The van der Waals surface area contributed by atoms with Crippen molar-refractivity contribution in [3.05, 3.63) is 48.2 Å². The Morgan fingerprint density at radius 3 is 2.35 bits per heavy atom. The molecule has 5 heteroatoms. The molecule has 0 atom stereocenters. The summed E-state index contributed by atoms with van der Waals surface area (Å²) in [6.07, 6.45) is 1.39. The second-order valence-electron chi connectivity index (χ2n) is 3.43. The lowest BCUT2D eigenvalue weighted by Crippen LogP contribution is -2.08. The van der Waals surface area contributed by atoms with E-state index in [0.717, 1.165) is 0 Å².